The summed E-state index contributed by atoms with van der Waals surface area (Å²) in [6.45, 7) is 2.10. The Morgan fingerprint density at radius 2 is 1.33 bits per heavy atom. The van der Waals surface area contributed by atoms with Gasteiger partial charge in [-0.3, -0.25) is 4.79 Å². The molecule has 0 bridgehead atoms. The van der Waals surface area contributed by atoms with Gasteiger partial charge in [0.2, 0.25) is 23.8 Å². The molecule has 48 heavy (non-hydrogen) atoms. The molecule has 0 amide bonds. The third-order valence-electron chi connectivity index (χ3n) is 8.18. The van der Waals surface area contributed by atoms with Gasteiger partial charge in [0.1, 0.15) is 77.0 Å². The number of rotatable bonds is 9. The average molecular weight is 679 g/mol. The van der Waals surface area contributed by atoms with Gasteiger partial charge in [-0.15, -0.1) is 0 Å². The molecule has 2 aliphatic heterocycles. The molecular formula is C32H38O16. The number of benzene rings is 2. The van der Waals surface area contributed by atoms with Gasteiger partial charge in [-0.1, -0.05) is 11.6 Å². The Balaban J connectivity index is 1.71. The number of ether oxygens (including phenoxy) is 4. The van der Waals surface area contributed by atoms with Crippen molar-refractivity contribution in [3.63, 3.8) is 0 Å². The average Bonchev–Trinajstić information content (AvgIpc) is 3.05. The van der Waals surface area contributed by atoms with E-state index in [1.54, 1.807) is 19.9 Å². The van der Waals surface area contributed by atoms with E-state index in [0.29, 0.717) is 0 Å². The van der Waals surface area contributed by atoms with Crippen molar-refractivity contribution in [3.8, 4) is 34.3 Å². The number of hydrogen-bond donors (Lipinski definition) is 10. The molecule has 16 nitrogen and oxygen atoms in total. The van der Waals surface area contributed by atoms with Gasteiger partial charge in [0.05, 0.1) is 13.2 Å². The quantitative estimate of drug-likeness (QED) is 0.118. The summed E-state index contributed by atoms with van der Waals surface area (Å²) in [4.78, 5) is 14.2. The molecule has 0 aliphatic carbocycles. The van der Waals surface area contributed by atoms with Crippen LogP contribution in [0.2, 0.25) is 0 Å². The smallest absolute Gasteiger partial charge is 0.239 e. The van der Waals surface area contributed by atoms with Crippen molar-refractivity contribution in [1.29, 1.82) is 0 Å². The molecule has 2 aromatic carbocycles. The van der Waals surface area contributed by atoms with E-state index in [9.17, 15) is 55.9 Å². The van der Waals surface area contributed by atoms with Crippen molar-refractivity contribution >= 4 is 11.0 Å². The first kappa shape index (κ1) is 35.5. The van der Waals surface area contributed by atoms with E-state index in [4.69, 9.17) is 23.4 Å². The number of phenols is 2. The zero-order chi connectivity index (χ0) is 35.0. The van der Waals surface area contributed by atoms with Crippen LogP contribution < -0.4 is 14.9 Å². The van der Waals surface area contributed by atoms with E-state index in [2.05, 4.69) is 0 Å². The number of aliphatic hydroxyl groups excluding tert-OH is 8. The van der Waals surface area contributed by atoms with Crippen LogP contribution in [0.25, 0.3) is 22.3 Å². The summed E-state index contributed by atoms with van der Waals surface area (Å²) >= 11 is 0. The highest BCUT2D eigenvalue weighted by Gasteiger charge is 2.46. The minimum absolute atomic E-state index is 0.0245. The number of phenolic OH excluding ortho intramolecular Hbond substituents is 2. The molecule has 5 rings (SSSR count). The summed E-state index contributed by atoms with van der Waals surface area (Å²) in [6.07, 6.45) is -15.0. The van der Waals surface area contributed by atoms with E-state index in [1.807, 2.05) is 0 Å². The third-order valence-corrected chi connectivity index (χ3v) is 8.18. The lowest BCUT2D eigenvalue weighted by Crippen LogP contribution is -2.60. The van der Waals surface area contributed by atoms with E-state index < -0.39 is 96.9 Å². The maximum absolute atomic E-state index is 14.2. The highest BCUT2D eigenvalue weighted by Crippen LogP contribution is 2.41. The molecule has 0 saturated carbocycles. The molecule has 0 spiro atoms. The van der Waals surface area contributed by atoms with Crippen LogP contribution in [0.3, 0.4) is 0 Å². The molecule has 10 N–H and O–H groups in total. The van der Waals surface area contributed by atoms with Gasteiger partial charge in [-0.2, -0.15) is 0 Å². The zero-order valence-electron chi connectivity index (χ0n) is 25.8. The molecular weight excluding hydrogens is 640 g/mol. The van der Waals surface area contributed by atoms with Crippen LogP contribution in [0.4, 0.5) is 0 Å². The normalized spacial score (nSPS) is 30.6. The molecule has 0 radical (unpaired) electrons. The maximum Gasteiger partial charge on any atom is 0.239 e. The fourth-order valence-electron chi connectivity index (χ4n) is 5.44. The first-order valence-electron chi connectivity index (χ1n) is 15.0. The second kappa shape index (κ2) is 14.4. The fourth-order valence-corrected chi connectivity index (χ4v) is 5.44. The van der Waals surface area contributed by atoms with E-state index in [-0.39, 0.29) is 40.4 Å². The first-order chi connectivity index (χ1) is 22.8. The van der Waals surface area contributed by atoms with Crippen LogP contribution in [0.5, 0.6) is 23.0 Å². The van der Waals surface area contributed by atoms with Crippen molar-refractivity contribution in [2.24, 2.45) is 0 Å². The molecule has 2 fully saturated rings. The summed E-state index contributed by atoms with van der Waals surface area (Å²) in [7, 11) is 0. The van der Waals surface area contributed by atoms with Crippen molar-refractivity contribution in [1.82, 2.24) is 0 Å². The summed E-state index contributed by atoms with van der Waals surface area (Å²) in [5.74, 6) is -1.88. The van der Waals surface area contributed by atoms with Gasteiger partial charge in [0.15, 0.2) is 5.76 Å². The Kier molecular flexibility index (Phi) is 10.6. The number of aliphatic hydroxyl groups is 8. The first-order valence-corrected chi connectivity index (χ1v) is 15.0. The van der Waals surface area contributed by atoms with Crippen molar-refractivity contribution < 1.29 is 74.4 Å². The maximum atomic E-state index is 14.2. The minimum atomic E-state index is -1.90. The standard InChI is InChI=1S/C32H38O16/c1-12(2)3-8-15-17(44-31-26(42)24(40)21(37)18(10-33)45-31)9-16(36)20-23(39)30(28(47-29(15)20)13-4-6-14(35)7-5-13)48-32-27(43)25(41)22(38)19(11-34)46-32/h3-7,9,18-19,21-22,24-27,31-38,40-43H,8,10-11H2,1-2H3. The Bertz CT molecular complexity index is 1680. The van der Waals surface area contributed by atoms with E-state index in [0.717, 1.165) is 11.6 Å². The summed E-state index contributed by atoms with van der Waals surface area (Å²) in [5, 5.41) is 102. The summed E-state index contributed by atoms with van der Waals surface area (Å²) in [5.41, 5.74) is -0.0524. The van der Waals surface area contributed by atoms with E-state index >= 15 is 0 Å². The second-order valence-corrected chi connectivity index (χ2v) is 11.8. The van der Waals surface area contributed by atoms with Crippen LogP contribution >= 0.6 is 0 Å². The van der Waals surface area contributed by atoms with Crippen LogP contribution in [0.1, 0.15) is 19.4 Å². The zero-order valence-corrected chi connectivity index (χ0v) is 25.8. The van der Waals surface area contributed by atoms with Crippen LogP contribution in [0, 0.1) is 0 Å². The van der Waals surface area contributed by atoms with Gasteiger partial charge < -0.3 is 74.4 Å². The van der Waals surface area contributed by atoms with Gasteiger partial charge in [-0.05, 0) is 44.5 Å². The number of fused-ring (bicyclic) bond motifs is 1. The van der Waals surface area contributed by atoms with Gasteiger partial charge >= 0.3 is 0 Å². The predicted molar refractivity (Wildman–Crippen MR) is 163 cm³/mol. The molecule has 16 heteroatoms. The Labute approximate surface area is 272 Å². The topological polar surface area (TPSA) is 269 Å². The van der Waals surface area contributed by atoms with Crippen LogP contribution in [-0.4, -0.2) is 126 Å². The number of aromatic hydroxyl groups is 2. The lowest BCUT2D eigenvalue weighted by molar-refractivity contribution is -0.277. The molecule has 2 saturated heterocycles. The van der Waals surface area contributed by atoms with Crippen molar-refractivity contribution in [2.45, 2.75) is 81.7 Å². The SMILES string of the molecule is CC(C)=CCc1c(OC2OC(CO)C(O)C(O)C2O)cc(O)c2c(=O)c(OC3OC(CO)C(O)C(O)C3O)c(-c3ccc(O)cc3)oc12. The molecule has 10 unspecified atom stereocenters. The molecule has 2 aliphatic rings. The largest absolute Gasteiger partial charge is 0.508 e. The molecule has 10 atom stereocenters. The Morgan fingerprint density at radius 1 is 0.792 bits per heavy atom. The Hall–Kier alpha value is -3.81. The Morgan fingerprint density at radius 3 is 1.85 bits per heavy atom. The number of allylic oxidation sites excluding steroid dienone is 2. The molecule has 3 heterocycles. The fraction of sp³-hybridized carbons (Fsp3) is 0.469. The lowest BCUT2D eigenvalue weighted by Gasteiger charge is -2.39. The summed E-state index contributed by atoms with van der Waals surface area (Å²) < 4.78 is 28.8. The molecule has 1 aromatic heterocycles. The lowest BCUT2D eigenvalue weighted by atomic mass is 9.99. The van der Waals surface area contributed by atoms with Gasteiger partial charge in [-0.25, -0.2) is 0 Å². The predicted octanol–water partition coefficient (Wildman–Crippen LogP) is -1.26. The molecule has 3 aromatic rings. The van der Waals surface area contributed by atoms with Gasteiger partial charge in [0, 0.05) is 17.2 Å². The van der Waals surface area contributed by atoms with Gasteiger partial charge in [0.25, 0.3) is 0 Å². The van der Waals surface area contributed by atoms with Crippen molar-refractivity contribution in [3.05, 3.63) is 57.8 Å². The molecule has 262 valence electrons. The third kappa shape index (κ3) is 6.72. The van der Waals surface area contributed by atoms with E-state index in [1.165, 1.54) is 24.3 Å². The van der Waals surface area contributed by atoms with Crippen molar-refractivity contribution in [2.75, 3.05) is 13.2 Å². The summed E-state index contributed by atoms with van der Waals surface area (Å²) in [6, 6.07) is 6.37. The minimum Gasteiger partial charge on any atom is -0.508 e. The second-order valence-electron chi connectivity index (χ2n) is 11.8. The van der Waals surface area contributed by atoms with Crippen LogP contribution in [0.15, 0.2) is 51.2 Å². The highest BCUT2D eigenvalue weighted by molar-refractivity contribution is 5.91. The monoisotopic (exact) mass is 678 g/mol. The van der Waals surface area contributed by atoms with Crippen LogP contribution in [-0.2, 0) is 15.9 Å². The number of hydrogen-bond acceptors (Lipinski definition) is 16. The highest BCUT2D eigenvalue weighted by atomic mass is 16.7.